The van der Waals surface area contributed by atoms with Crippen LogP contribution in [0.4, 0.5) is 0 Å². The standard InChI is InChI=1S/C27H28N6O2/c1-17-13-26(8-7-22(17)34)14-19-6-5-18(20-4-2-9-29-15-20)12-21(19)27(26)24(35)33(25(28)32-27)16-23-30-10-3-11-31-23/h2-6,9-12,15,17,22,34H,7-8,13-14,16H2,1H3,(H2,28,32)/t17-,22-,26-,27+/m0/s1. The molecule has 1 amide bonds. The lowest BCUT2D eigenvalue weighted by Crippen LogP contribution is -2.53. The Bertz CT molecular complexity index is 1310. The van der Waals surface area contributed by atoms with Crippen molar-refractivity contribution in [2.45, 2.75) is 50.8 Å². The predicted octanol–water partition coefficient (Wildman–Crippen LogP) is 2.81. The molecule has 1 fully saturated rings. The fraction of sp³-hybridized carbons (Fsp3) is 0.370. The molecule has 1 aliphatic heterocycles. The predicted molar refractivity (Wildman–Crippen MR) is 131 cm³/mol. The first-order valence-corrected chi connectivity index (χ1v) is 12.1. The molecule has 178 valence electrons. The number of guanidine groups is 1. The molecule has 35 heavy (non-hydrogen) atoms. The number of aliphatic hydroxyl groups is 1. The Morgan fingerprint density at radius 1 is 1.14 bits per heavy atom. The van der Waals surface area contributed by atoms with Crippen molar-refractivity contribution in [1.29, 1.82) is 0 Å². The molecular formula is C27H28N6O2. The summed E-state index contributed by atoms with van der Waals surface area (Å²) in [6.45, 7) is 2.23. The second kappa shape index (κ2) is 7.95. The second-order valence-corrected chi connectivity index (χ2v) is 10.1. The lowest BCUT2D eigenvalue weighted by atomic mass is 9.59. The van der Waals surface area contributed by atoms with Crippen LogP contribution < -0.4 is 5.73 Å². The van der Waals surface area contributed by atoms with Gasteiger partial charge in [-0.05, 0) is 72.1 Å². The minimum absolute atomic E-state index is 0.0588. The molecular weight excluding hydrogens is 440 g/mol. The summed E-state index contributed by atoms with van der Waals surface area (Å²) in [6, 6.07) is 12.0. The normalized spacial score (nSPS) is 29.6. The molecule has 3 aromatic rings. The van der Waals surface area contributed by atoms with Crippen LogP contribution in [-0.4, -0.2) is 42.9 Å². The number of aliphatic imine (C=N–C) groups is 1. The molecule has 0 bridgehead atoms. The lowest BCUT2D eigenvalue weighted by Gasteiger charge is -2.47. The van der Waals surface area contributed by atoms with Crippen LogP contribution in [0.1, 0.15) is 43.1 Å². The van der Waals surface area contributed by atoms with Gasteiger partial charge in [-0.1, -0.05) is 25.1 Å². The van der Waals surface area contributed by atoms with E-state index in [0.717, 1.165) is 28.7 Å². The van der Waals surface area contributed by atoms with E-state index in [1.807, 2.05) is 18.3 Å². The zero-order chi connectivity index (χ0) is 24.2. The number of nitrogens with two attached hydrogens (primary N) is 1. The van der Waals surface area contributed by atoms with Crippen molar-refractivity contribution >= 4 is 11.9 Å². The molecule has 1 aromatic carbocycles. The van der Waals surface area contributed by atoms with Gasteiger partial charge in [-0.15, -0.1) is 0 Å². The van der Waals surface area contributed by atoms with Gasteiger partial charge in [0.25, 0.3) is 5.91 Å². The van der Waals surface area contributed by atoms with E-state index in [2.05, 4.69) is 40.1 Å². The summed E-state index contributed by atoms with van der Waals surface area (Å²) in [5.74, 6) is 0.636. The molecule has 4 atom stereocenters. The Morgan fingerprint density at radius 2 is 1.97 bits per heavy atom. The maximum Gasteiger partial charge on any atom is 0.262 e. The summed E-state index contributed by atoms with van der Waals surface area (Å²) in [5.41, 5.74) is 8.89. The number of nitrogens with zero attached hydrogens (tertiary/aromatic N) is 5. The Kier molecular flexibility index (Phi) is 4.96. The third kappa shape index (κ3) is 3.20. The quantitative estimate of drug-likeness (QED) is 0.610. The van der Waals surface area contributed by atoms with E-state index in [0.29, 0.717) is 25.1 Å². The summed E-state index contributed by atoms with van der Waals surface area (Å²) < 4.78 is 0. The summed E-state index contributed by atoms with van der Waals surface area (Å²) in [5, 5.41) is 10.5. The fourth-order valence-corrected chi connectivity index (χ4v) is 6.42. The van der Waals surface area contributed by atoms with Crippen LogP contribution in [-0.2, 0) is 23.3 Å². The Morgan fingerprint density at radius 3 is 2.71 bits per heavy atom. The SMILES string of the molecule is C[C@H]1C[C@@]2(CC[C@@H]1O)Cc1ccc(-c3cccnc3)cc1[C@]21N=C(N)N(Cc2ncccn2)C1=O. The van der Waals surface area contributed by atoms with Crippen LogP contribution in [0.5, 0.6) is 0 Å². The van der Waals surface area contributed by atoms with Crippen LogP contribution in [0.3, 0.4) is 0 Å². The zero-order valence-electron chi connectivity index (χ0n) is 19.6. The number of pyridine rings is 1. The van der Waals surface area contributed by atoms with Crippen molar-refractivity contribution in [2.75, 3.05) is 0 Å². The third-order valence-corrected chi connectivity index (χ3v) is 8.11. The van der Waals surface area contributed by atoms with Crippen molar-refractivity contribution in [2.24, 2.45) is 22.1 Å². The van der Waals surface area contributed by atoms with Crippen molar-refractivity contribution in [3.63, 3.8) is 0 Å². The van der Waals surface area contributed by atoms with Crippen LogP contribution in [0.2, 0.25) is 0 Å². The number of benzene rings is 1. The van der Waals surface area contributed by atoms with Gasteiger partial charge in [0.2, 0.25) is 0 Å². The monoisotopic (exact) mass is 468 g/mol. The van der Waals surface area contributed by atoms with Crippen LogP contribution in [0.15, 0.2) is 66.2 Å². The summed E-state index contributed by atoms with van der Waals surface area (Å²) in [4.78, 5) is 33.8. The minimum atomic E-state index is -1.13. The van der Waals surface area contributed by atoms with Crippen LogP contribution >= 0.6 is 0 Å². The number of aromatic nitrogens is 3. The second-order valence-electron chi connectivity index (χ2n) is 10.1. The van der Waals surface area contributed by atoms with Gasteiger partial charge in [0.15, 0.2) is 11.5 Å². The highest BCUT2D eigenvalue weighted by Gasteiger charge is 2.67. The average Bonchev–Trinajstić information content (AvgIpc) is 3.29. The third-order valence-electron chi connectivity index (χ3n) is 8.11. The Hall–Kier alpha value is -3.65. The molecule has 8 heteroatoms. The summed E-state index contributed by atoms with van der Waals surface area (Å²) >= 11 is 0. The maximum absolute atomic E-state index is 14.4. The number of hydrogen-bond acceptors (Lipinski definition) is 7. The highest BCUT2D eigenvalue weighted by atomic mass is 16.3. The molecule has 3 N–H and O–H groups in total. The highest BCUT2D eigenvalue weighted by molar-refractivity contribution is 6.08. The molecule has 2 aliphatic carbocycles. The molecule has 6 rings (SSSR count). The van der Waals surface area contributed by atoms with Crippen molar-refractivity contribution < 1.29 is 9.90 Å². The number of amides is 1. The van der Waals surface area contributed by atoms with E-state index >= 15 is 0 Å². The summed E-state index contributed by atoms with van der Waals surface area (Å²) in [6.07, 6.45) is 9.27. The molecule has 3 heterocycles. The van der Waals surface area contributed by atoms with E-state index in [-0.39, 0.29) is 30.4 Å². The van der Waals surface area contributed by atoms with Crippen molar-refractivity contribution in [1.82, 2.24) is 19.9 Å². The number of rotatable bonds is 3. The molecule has 2 spiro atoms. The molecule has 8 nitrogen and oxygen atoms in total. The topological polar surface area (TPSA) is 118 Å². The smallest absolute Gasteiger partial charge is 0.262 e. The number of carbonyl (C=O) groups excluding carboxylic acids is 1. The van der Waals surface area contributed by atoms with Gasteiger partial charge in [-0.3, -0.25) is 14.7 Å². The molecule has 0 radical (unpaired) electrons. The van der Waals surface area contributed by atoms with Gasteiger partial charge in [0.05, 0.1) is 12.6 Å². The van der Waals surface area contributed by atoms with Gasteiger partial charge in [0.1, 0.15) is 5.82 Å². The number of carbonyl (C=O) groups is 1. The van der Waals surface area contributed by atoms with Crippen molar-refractivity contribution in [3.05, 3.63) is 78.1 Å². The van der Waals surface area contributed by atoms with Crippen LogP contribution in [0, 0.1) is 11.3 Å². The molecule has 1 saturated carbocycles. The molecule has 2 aromatic heterocycles. The molecule has 0 saturated heterocycles. The van der Waals surface area contributed by atoms with E-state index in [4.69, 9.17) is 10.7 Å². The highest BCUT2D eigenvalue weighted by Crippen LogP contribution is 2.62. The average molecular weight is 469 g/mol. The maximum atomic E-state index is 14.4. The van der Waals surface area contributed by atoms with E-state index < -0.39 is 11.0 Å². The first-order chi connectivity index (χ1) is 16.9. The Labute approximate surface area is 204 Å². The van der Waals surface area contributed by atoms with Gasteiger partial charge in [-0.25, -0.2) is 15.0 Å². The lowest BCUT2D eigenvalue weighted by molar-refractivity contribution is -0.139. The van der Waals surface area contributed by atoms with Gasteiger partial charge in [0, 0.05) is 30.2 Å². The first kappa shape index (κ1) is 21.9. The largest absolute Gasteiger partial charge is 0.393 e. The van der Waals surface area contributed by atoms with Crippen molar-refractivity contribution in [3.8, 4) is 11.1 Å². The first-order valence-electron chi connectivity index (χ1n) is 12.1. The van der Waals surface area contributed by atoms with Gasteiger partial charge < -0.3 is 10.8 Å². The number of aliphatic hydroxyl groups excluding tert-OH is 1. The van der Waals surface area contributed by atoms with E-state index in [1.165, 1.54) is 4.90 Å². The minimum Gasteiger partial charge on any atom is -0.393 e. The number of fused-ring (bicyclic) bond motifs is 3. The Balaban J connectivity index is 1.50. The molecule has 3 aliphatic rings. The van der Waals surface area contributed by atoms with E-state index in [1.54, 1.807) is 24.7 Å². The fourth-order valence-electron chi connectivity index (χ4n) is 6.42. The van der Waals surface area contributed by atoms with E-state index in [9.17, 15) is 9.90 Å². The zero-order valence-corrected chi connectivity index (χ0v) is 19.6. The van der Waals surface area contributed by atoms with Gasteiger partial charge >= 0.3 is 0 Å². The van der Waals surface area contributed by atoms with Crippen LogP contribution in [0.25, 0.3) is 11.1 Å². The number of hydrogen-bond donors (Lipinski definition) is 2. The molecule has 0 unspecified atom stereocenters. The van der Waals surface area contributed by atoms with Gasteiger partial charge in [-0.2, -0.15) is 0 Å². The summed E-state index contributed by atoms with van der Waals surface area (Å²) in [7, 11) is 0.